The van der Waals surface area contributed by atoms with Gasteiger partial charge in [-0.2, -0.15) is 5.23 Å². The van der Waals surface area contributed by atoms with Gasteiger partial charge in [-0.1, -0.05) is 12.2 Å². The van der Waals surface area contributed by atoms with Gasteiger partial charge in [0.05, 0.1) is 0 Å². The molecule has 1 atom stereocenters. The van der Waals surface area contributed by atoms with Crippen molar-refractivity contribution in [1.29, 1.82) is 0 Å². The molecule has 0 aromatic carbocycles. The Morgan fingerprint density at radius 2 is 2.22 bits per heavy atom. The van der Waals surface area contributed by atoms with E-state index in [1.807, 2.05) is 6.92 Å². The summed E-state index contributed by atoms with van der Waals surface area (Å²) >= 11 is 0. The van der Waals surface area contributed by atoms with Crippen molar-refractivity contribution < 1.29 is 10.4 Å². The third kappa shape index (κ3) is 3.90. The Morgan fingerprint density at radius 3 is 2.56 bits per heavy atom. The smallest absolute Gasteiger partial charge is 0.136 e. The predicted molar refractivity (Wildman–Crippen MR) is 34.7 cm³/mol. The van der Waals surface area contributed by atoms with E-state index in [0.717, 1.165) is 0 Å². The maximum Gasteiger partial charge on any atom is 0.136 e. The van der Waals surface area contributed by atoms with Gasteiger partial charge < -0.3 is 5.21 Å². The van der Waals surface area contributed by atoms with Gasteiger partial charge in [-0.05, 0) is 13.0 Å². The Balaban J connectivity index is 3.84. The van der Waals surface area contributed by atoms with Crippen molar-refractivity contribution in [1.82, 2.24) is 0 Å². The minimum Gasteiger partial charge on any atom is -0.595 e. The Labute approximate surface area is 54.4 Å². The first-order chi connectivity index (χ1) is 4.18. The molecule has 0 heterocycles. The van der Waals surface area contributed by atoms with Crippen molar-refractivity contribution in [3.05, 3.63) is 29.1 Å². The van der Waals surface area contributed by atoms with E-state index in [-0.39, 0.29) is 0 Å². The summed E-state index contributed by atoms with van der Waals surface area (Å²) in [5.41, 5.74) is 0.355. The fraction of sp³-hybridized carbons (Fsp3) is 0.333. The lowest BCUT2D eigenvalue weighted by Crippen LogP contribution is -3.02. The van der Waals surface area contributed by atoms with Gasteiger partial charge in [-0.3, -0.25) is 0 Å². The second kappa shape index (κ2) is 4.26. The zero-order valence-corrected chi connectivity index (χ0v) is 5.59. The maximum absolute atomic E-state index is 10.1. The highest BCUT2D eigenvalue weighted by Gasteiger charge is 1.89. The zero-order chi connectivity index (χ0) is 7.28. The molecule has 2 N–H and O–H groups in total. The van der Waals surface area contributed by atoms with Gasteiger partial charge in [0.1, 0.15) is 5.70 Å². The van der Waals surface area contributed by atoms with E-state index >= 15 is 0 Å². The molecule has 0 spiro atoms. The molecule has 3 heteroatoms. The second-order valence-corrected chi connectivity index (χ2v) is 1.68. The van der Waals surface area contributed by atoms with E-state index in [1.54, 1.807) is 25.2 Å². The van der Waals surface area contributed by atoms with Crippen LogP contribution in [0.1, 0.15) is 13.8 Å². The maximum atomic E-state index is 10.1. The van der Waals surface area contributed by atoms with Crippen LogP contribution in [-0.2, 0) is 0 Å². The highest BCUT2D eigenvalue weighted by Crippen LogP contribution is 1.79. The lowest BCUT2D eigenvalue weighted by molar-refractivity contribution is -1.01. The quantitative estimate of drug-likeness (QED) is 0.414. The Kier molecular flexibility index (Phi) is 3.96. The molecule has 0 bridgehead atoms. The van der Waals surface area contributed by atoms with Gasteiger partial charge in [0.2, 0.25) is 0 Å². The second-order valence-electron chi connectivity index (χ2n) is 1.68. The molecule has 0 fully saturated rings. The van der Waals surface area contributed by atoms with Crippen LogP contribution >= 0.6 is 0 Å². The molecule has 1 unspecified atom stereocenters. The number of hydrogen-bond donors (Lipinski definition) is 2. The molecule has 0 aromatic rings. The topological polar surface area (TPSA) is 47.7 Å². The lowest BCUT2D eigenvalue weighted by Gasteiger charge is -2.10. The van der Waals surface area contributed by atoms with Gasteiger partial charge in [-0.25, -0.2) is 5.21 Å². The van der Waals surface area contributed by atoms with Gasteiger partial charge in [-0.15, -0.1) is 0 Å². The summed E-state index contributed by atoms with van der Waals surface area (Å²) < 4.78 is 0. The van der Waals surface area contributed by atoms with Crippen LogP contribution in [0.25, 0.3) is 0 Å². The predicted octanol–water partition coefficient (Wildman–Crippen LogP) is 0.238. The van der Waals surface area contributed by atoms with E-state index in [0.29, 0.717) is 5.70 Å². The van der Waals surface area contributed by atoms with E-state index in [4.69, 9.17) is 5.21 Å². The first kappa shape index (κ1) is 8.36. The highest BCUT2D eigenvalue weighted by atomic mass is 16.8. The molecule has 0 aliphatic heterocycles. The number of nitrogens with one attached hydrogen (secondary N) is 1. The Bertz CT molecular complexity index is 127. The number of rotatable bonds is 2. The third-order valence-electron chi connectivity index (χ3n) is 0.876. The Morgan fingerprint density at radius 1 is 1.67 bits per heavy atom. The van der Waals surface area contributed by atoms with Gasteiger partial charge >= 0.3 is 0 Å². The molecular formula is C6H11NO2. The number of hydrogen-bond acceptors (Lipinski definition) is 2. The molecule has 0 radical (unpaired) electrons. The van der Waals surface area contributed by atoms with Gasteiger partial charge in [0.25, 0.3) is 0 Å². The van der Waals surface area contributed by atoms with Crippen LogP contribution in [0.3, 0.4) is 0 Å². The summed E-state index contributed by atoms with van der Waals surface area (Å²) in [7, 11) is 0. The molecule has 0 rings (SSSR count). The van der Waals surface area contributed by atoms with Crippen molar-refractivity contribution in [3.8, 4) is 0 Å². The summed E-state index contributed by atoms with van der Waals surface area (Å²) in [6.07, 6.45) is 5.04. The molecule has 0 saturated carbocycles. The van der Waals surface area contributed by atoms with Gasteiger partial charge in [0.15, 0.2) is 0 Å². The molecule has 0 saturated heterocycles. The molecule has 0 aliphatic rings. The normalized spacial score (nSPS) is 16.7. The summed E-state index contributed by atoms with van der Waals surface area (Å²) in [5, 5.41) is 17.5. The molecule has 52 valence electrons. The first-order valence-corrected chi connectivity index (χ1v) is 2.71. The summed E-state index contributed by atoms with van der Waals surface area (Å²) in [6, 6.07) is 0. The Hall–Kier alpha value is -0.640. The fourth-order valence-electron chi connectivity index (χ4n) is 0.312. The van der Waals surface area contributed by atoms with Crippen LogP contribution in [-0.4, -0.2) is 5.21 Å². The first-order valence-electron chi connectivity index (χ1n) is 2.71. The average Bonchev–Trinajstić information content (AvgIpc) is 1.82. The largest absolute Gasteiger partial charge is 0.595 e. The van der Waals surface area contributed by atoms with E-state index in [2.05, 4.69) is 0 Å². The van der Waals surface area contributed by atoms with Crippen molar-refractivity contribution in [3.63, 3.8) is 0 Å². The number of quaternary nitrogens is 1. The zero-order valence-electron chi connectivity index (χ0n) is 5.59. The SMILES string of the molecule is C/C=C\C=C(/C)[NH+]([O-])O. The molecule has 0 amide bonds. The monoisotopic (exact) mass is 129 g/mol. The molecular weight excluding hydrogens is 118 g/mol. The van der Waals surface area contributed by atoms with Crippen molar-refractivity contribution in [2.45, 2.75) is 13.8 Å². The van der Waals surface area contributed by atoms with Crippen molar-refractivity contribution in [2.24, 2.45) is 0 Å². The molecule has 0 aromatic heterocycles. The van der Waals surface area contributed by atoms with Crippen LogP contribution in [0.5, 0.6) is 0 Å². The van der Waals surface area contributed by atoms with Crippen LogP contribution < -0.4 is 5.23 Å². The van der Waals surface area contributed by atoms with Gasteiger partial charge in [0, 0.05) is 6.92 Å². The van der Waals surface area contributed by atoms with E-state index in [1.165, 1.54) is 0 Å². The average molecular weight is 129 g/mol. The lowest BCUT2D eigenvalue weighted by atomic mass is 10.4. The third-order valence-corrected chi connectivity index (χ3v) is 0.876. The minimum atomic E-state index is -0.867. The van der Waals surface area contributed by atoms with E-state index < -0.39 is 5.23 Å². The number of allylic oxidation sites excluding steroid dienone is 4. The van der Waals surface area contributed by atoms with E-state index in [9.17, 15) is 5.21 Å². The summed E-state index contributed by atoms with van der Waals surface area (Å²) in [6.45, 7) is 3.40. The van der Waals surface area contributed by atoms with Crippen LogP contribution in [0.15, 0.2) is 23.9 Å². The van der Waals surface area contributed by atoms with Crippen LogP contribution in [0.4, 0.5) is 0 Å². The van der Waals surface area contributed by atoms with Crippen LogP contribution in [0, 0.1) is 5.21 Å². The summed E-state index contributed by atoms with van der Waals surface area (Å²) in [4.78, 5) is 0. The highest BCUT2D eigenvalue weighted by molar-refractivity contribution is 5.03. The standard InChI is InChI=1S/C6H11NO2/c1-3-4-5-6(2)7(8)9/h3-5,7-8H,1-2H3/b4-3-,6-5+. The van der Waals surface area contributed by atoms with Crippen molar-refractivity contribution >= 4 is 0 Å². The molecule has 3 nitrogen and oxygen atoms in total. The molecule has 0 aliphatic carbocycles. The minimum absolute atomic E-state index is 0.355. The van der Waals surface area contributed by atoms with Crippen molar-refractivity contribution in [2.75, 3.05) is 0 Å². The van der Waals surface area contributed by atoms with Crippen LogP contribution in [0.2, 0.25) is 0 Å². The number of hydroxylamine groups is 2. The summed E-state index contributed by atoms with van der Waals surface area (Å²) in [5.74, 6) is 0. The molecule has 9 heavy (non-hydrogen) atoms. The fourth-order valence-corrected chi connectivity index (χ4v) is 0.312.